The van der Waals surface area contributed by atoms with Crippen molar-refractivity contribution in [1.29, 1.82) is 0 Å². The predicted molar refractivity (Wildman–Crippen MR) is 165 cm³/mol. The van der Waals surface area contributed by atoms with Gasteiger partial charge in [0.1, 0.15) is 0 Å². The van der Waals surface area contributed by atoms with E-state index >= 15 is 0 Å². The summed E-state index contributed by atoms with van der Waals surface area (Å²) in [5.74, 6) is 0.0722. The van der Waals surface area contributed by atoms with Crippen molar-refractivity contribution in [2.75, 3.05) is 10.2 Å². The Labute approximate surface area is 240 Å². The van der Waals surface area contributed by atoms with Crippen molar-refractivity contribution >= 4 is 28.8 Å². The average molecular weight is 544 g/mol. The van der Waals surface area contributed by atoms with Gasteiger partial charge in [0.05, 0.1) is 11.4 Å². The number of para-hydroxylation sites is 1. The Hall–Kier alpha value is -5.04. The molecule has 7 nitrogen and oxygen atoms in total. The van der Waals surface area contributed by atoms with E-state index in [4.69, 9.17) is 4.98 Å². The lowest BCUT2D eigenvalue weighted by molar-refractivity contribution is 0.102. The number of benzene rings is 3. The van der Waals surface area contributed by atoms with Gasteiger partial charge in [-0.25, -0.2) is 4.98 Å². The van der Waals surface area contributed by atoms with E-state index in [1.54, 1.807) is 25.6 Å². The van der Waals surface area contributed by atoms with Crippen molar-refractivity contribution in [3.8, 4) is 11.3 Å². The first-order valence-electron chi connectivity index (χ1n) is 13.5. The van der Waals surface area contributed by atoms with Crippen molar-refractivity contribution in [2.45, 2.75) is 33.1 Å². The second kappa shape index (κ2) is 11.2. The maximum Gasteiger partial charge on any atom is 0.294 e. The third kappa shape index (κ3) is 5.79. The van der Waals surface area contributed by atoms with Gasteiger partial charge in [0.15, 0.2) is 0 Å². The largest absolute Gasteiger partial charge is 0.322 e. The summed E-state index contributed by atoms with van der Waals surface area (Å²) in [7, 11) is 1.72. The smallest absolute Gasteiger partial charge is 0.294 e. The zero-order valence-corrected chi connectivity index (χ0v) is 23.9. The Kier molecular flexibility index (Phi) is 7.53. The fourth-order valence-corrected chi connectivity index (χ4v) is 4.69. The molecular weight excluding hydrogens is 510 g/mol. The molecule has 41 heavy (non-hydrogen) atoms. The molecule has 0 aliphatic carbocycles. The number of pyridine rings is 1. The first kappa shape index (κ1) is 27.5. The van der Waals surface area contributed by atoms with Gasteiger partial charge in [0.25, 0.3) is 11.5 Å². The number of anilines is 4. The third-order valence-electron chi connectivity index (χ3n) is 7.07. The number of carbonyl (C=O) groups excluding carboxylic acids is 1. The van der Waals surface area contributed by atoms with Crippen LogP contribution in [0.3, 0.4) is 0 Å². The van der Waals surface area contributed by atoms with Gasteiger partial charge in [-0.15, -0.1) is 0 Å². The number of aromatic nitrogens is 3. The summed E-state index contributed by atoms with van der Waals surface area (Å²) in [6, 6.07) is 26.7. The van der Waals surface area contributed by atoms with Crippen LogP contribution in [0.15, 0.2) is 108 Å². The summed E-state index contributed by atoms with van der Waals surface area (Å²) in [5.41, 5.74) is 6.04. The topological polar surface area (TPSA) is 80.1 Å². The number of aryl methyl sites for hydroxylation is 1. The molecule has 0 aliphatic heterocycles. The minimum absolute atomic E-state index is 0.00898. The van der Waals surface area contributed by atoms with Gasteiger partial charge in [0, 0.05) is 48.1 Å². The monoisotopic (exact) mass is 543 g/mol. The van der Waals surface area contributed by atoms with E-state index in [2.05, 4.69) is 31.1 Å². The van der Waals surface area contributed by atoms with Gasteiger partial charge in [-0.05, 0) is 65.9 Å². The summed E-state index contributed by atoms with van der Waals surface area (Å²) in [6.45, 7) is 8.38. The van der Waals surface area contributed by atoms with Crippen LogP contribution in [0, 0.1) is 6.92 Å². The Morgan fingerprint density at radius 2 is 1.51 bits per heavy atom. The van der Waals surface area contributed by atoms with Crippen LogP contribution < -0.4 is 15.8 Å². The van der Waals surface area contributed by atoms with Crippen molar-refractivity contribution in [2.24, 2.45) is 7.05 Å². The molecular formula is C34H33N5O2. The van der Waals surface area contributed by atoms with Crippen molar-refractivity contribution in [3.05, 3.63) is 131 Å². The molecule has 1 amide bonds. The molecule has 2 heterocycles. The van der Waals surface area contributed by atoms with Crippen LogP contribution in [-0.4, -0.2) is 20.4 Å². The zero-order valence-electron chi connectivity index (χ0n) is 23.9. The fourth-order valence-electron chi connectivity index (χ4n) is 4.69. The highest BCUT2D eigenvalue weighted by molar-refractivity contribution is 6.05. The maximum absolute atomic E-state index is 13.5. The fraction of sp³-hybridized carbons (Fsp3) is 0.176. The lowest BCUT2D eigenvalue weighted by Crippen LogP contribution is -2.27. The van der Waals surface area contributed by atoms with Crippen molar-refractivity contribution in [3.63, 3.8) is 0 Å². The van der Waals surface area contributed by atoms with E-state index in [1.807, 2.05) is 96.8 Å². The third-order valence-corrected chi connectivity index (χ3v) is 7.07. The van der Waals surface area contributed by atoms with Crippen molar-refractivity contribution < 1.29 is 4.79 Å². The summed E-state index contributed by atoms with van der Waals surface area (Å²) < 4.78 is 1.54. The minimum Gasteiger partial charge on any atom is -0.322 e. The SMILES string of the molecule is Cc1c(NC(=O)c2ccc(C(C)(C)C)cc2)cccc1-c1cn(C)c(=O)c(N(c2ccccc2)c2ccncc2)n1. The van der Waals surface area contributed by atoms with Crippen LogP contribution in [0.1, 0.15) is 42.3 Å². The lowest BCUT2D eigenvalue weighted by Gasteiger charge is -2.24. The van der Waals surface area contributed by atoms with E-state index in [9.17, 15) is 9.59 Å². The van der Waals surface area contributed by atoms with Crippen LogP contribution in [-0.2, 0) is 12.5 Å². The molecule has 7 heteroatoms. The molecule has 0 radical (unpaired) electrons. The number of amides is 1. The summed E-state index contributed by atoms with van der Waals surface area (Å²) in [4.78, 5) is 37.5. The Morgan fingerprint density at radius 3 is 2.17 bits per heavy atom. The van der Waals surface area contributed by atoms with Gasteiger partial charge in [-0.1, -0.05) is 63.2 Å². The standard InChI is InChI=1S/C34H33N5O2/c1-23-28(12-9-13-29(23)37-32(40)24-14-16-25(17-15-24)34(2,3)4)30-22-38(5)33(41)31(36-30)39(26-10-7-6-8-11-26)27-18-20-35-21-19-27/h6-22H,1-5H3,(H,37,40). The van der Waals surface area contributed by atoms with Crippen LogP contribution >= 0.6 is 0 Å². The molecule has 5 aromatic rings. The van der Waals surface area contributed by atoms with E-state index in [1.165, 1.54) is 10.1 Å². The van der Waals surface area contributed by atoms with Crippen LogP contribution in [0.25, 0.3) is 11.3 Å². The molecule has 3 aromatic carbocycles. The average Bonchev–Trinajstić information content (AvgIpc) is 2.97. The van der Waals surface area contributed by atoms with Gasteiger partial charge >= 0.3 is 0 Å². The lowest BCUT2D eigenvalue weighted by atomic mass is 9.86. The molecule has 0 fully saturated rings. The quantitative estimate of drug-likeness (QED) is 0.246. The molecule has 1 N–H and O–H groups in total. The number of nitrogens with zero attached hydrogens (tertiary/aromatic N) is 4. The van der Waals surface area contributed by atoms with E-state index in [-0.39, 0.29) is 22.7 Å². The molecule has 0 spiro atoms. The van der Waals surface area contributed by atoms with Gasteiger partial charge in [-0.3, -0.25) is 19.5 Å². The van der Waals surface area contributed by atoms with E-state index < -0.39 is 0 Å². The Bertz CT molecular complexity index is 1700. The second-order valence-electron chi connectivity index (χ2n) is 11.0. The second-order valence-corrected chi connectivity index (χ2v) is 11.0. The molecule has 0 aliphatic rings. The van der Waals surface area contributed by atoms with Crippen molar-refractivity contribution in [1.82, 2.24) is 14.5 Å². The predicted octanol–water partition coefficient (Wildman–Crippen LogP) is 7.17. The first-order chi connectivity index (χ1) is 19.6. The number of hydrogen-bond donors (Lipinski definition) is 1. The number of hydrogen-bond acceptors (Lipinski definition) is 5. The number of rotatable bonds is 6. The maximum atomic E-state index is 13.5. The zero-order chi connectivity index (χ0) is 29.1. The Balaban J connectivity index is 1.53. The Morgan fingerprint density at radius 1 is 0.854 bits per heavy atom. The summed E-state index contributed by atoms with van der Waals surface area (Å²) in [6.07, 6.45) is 5.10. The highest BCUT2D eigenvalue weighted by Gasteiger charge is 2.21. The van der Waals surface area contributed by atoms with E-state index in [0.29, 0.717) is 16.9 Å². The molecule has 5 rings (SSSR count). The minimum atomic E-state index is -0.241. The van der Waals surface area contributed by atoms with Gasteiger partial charge < -0.3 is 9.88 Å². The first-order valence-corrected chi connectivity index (χ1v) is 13.5. The summed E-state index contributed by atoms with van der Waals surface area (Å²) >= 11 is 0. The molecule has 0 bridgehead atoms. The number of nitrogens with one attached hydrogen (secondary N) is 1. The molecule has 0 saturated heterocycles. The summed E-state index contributed by atoms with van der Waals surface area (Å²) in [5, 5.41) is 3.06. The molecule has 0 saturated carbocycles. The normalized spacial score (nSPS) is 11.2. The van der Waals surface area contributed by atoms with E-state index in [0.717, 1.165) is 22.5 Å². The number of carbonyl (C=O) groups is 1. The van der Waals surface area contributed by atoms with Crippen LogP contribution in [0.4, 0.5) is 22.9 Å². The van der Waals surface area contributed by atoms with Gasteiger partial charge in [0.2, 0.25) is 5.82 Å². The highest BCUT2D eigenvalue weighted by atomic mass is 16.1. The van der Waals surface area contributed by atoms with Crippen LogP contribution in [0.5, 0.6) is 0 Å². The van der Waals surface area contributed by atoms with Crippen LogP contribution in [0.2, 0.25) is 0 Å². The highest BCUT2D eigenvalue weighted by Crippen LogP contribution is 2.33. The molecule has 0 unspecified atom stereocenters. The van der Waals surface area contributed by atoms with Gasteiger partial charge in [-0.2, -0.15) is 0 Å². The molecule has 2 aromatic heterocycles. The molecule has 0 atom stereocenters. The molecule has 206 valence electrons.